The number of hydrogen-bond acceptors (Lipinski definition) is 2. The quantitative estimate of drug-likeness (QED) is 0.160. The van der Waals surface area contributed by atoms with E-state index in [0.717, 1.165) is 6.42 Å². The molecule has 4 heteroatoms. The van der Waals surface area contributed by atoms with E-state index in [2.05, 4.69) is 28.1 Å². The predicted molar refractivity (Wildman–Crippen MR) is 137 cm³/mol. The summed E-state index contributed by atoms with van der Waals surface area (Å²) in [6.07, 6.45) is 27.4. The van der Waals surface area contributed by atoms with E-state index in [0.29, 0.717) is 23.1 Å². The number of aliphatic hydroxyl groups is 1. The van der Waals surface area contributed by atoms with Crippen molar-refractivity contribution < 1.29 is 26.8 Å². The van der Waals surface area contributed by atoms with Crippen LogP contribution >= 0.6 is 0 Å². The minimum Gasteiger partial charge on any atom is -1.00 e. The molecule has 0 aromatic rings. The van der Waals surface area contributed by atoms with Gasteiger partial charge >= 0.3 is 0 Å². The molecule has 1 atom stereocenters. The molecular weight excluding hydrogens is 418 g/mol. The van der Waals surface area contributed by atoms with Gasteiger partial charge in [0.05, 0.1) is 21.1 Å². The third kappa shape index (κ3) is 21.7. The third-order valence-corrected chi connectivity index (χ3v) is 6.74. The van der Waals surface area contributed by atoms with Crippen molar-refractivity contribution in [2.75, 3.05) is 27.7 Å². The summed E-state index contributed by atoms with van der Waals surface area (Å²) in [6.45, 7) is 2.39. The molecule has 0 fully saturated rings. The fourth-order valence-electron chi connectivity index (χ4n) is 4.65. The topological polar surface area (TPSA) is 37.3 Å². The fourth-order valence-corrected chi connectivity index (χ4v) is 4.65. The number of ketones is 1. The monoisotopic (exact) mass is 475 g/mol. The van der Waals surface area contributed by atoms with E-state index >= 15 is 0 Å². The highest BCUT2D eigenvalue weighted by Gasteiger charge is 2.29. The lowest BCUT2D eigenvalue weighted by atomic mass is 9.99. The molecule has 0 aromatic heterocycles. The maximum Gasteiger partial charge on any atom is 0.190 e. The molecule has 0 aromatic carbocycles. The molecule has 0 amide bonds. The lowest BCUT2D eigenvalue weighted by Gasteiger charge is -2.32. The molecule has 32 heavy (non-hydrogen) atoms. The van der Waals surface area contributed by atoms with Crippen molar-refractivity contribution in [2.45, 2.75) is 148 Å². The molecule has 3 nitrogen and oxygen atoms in total. The second kappa shape index (κ2) is 24.0. The van der Waals surface area contributed by atoms with Crippen molar-refractivity contribution in [2.24, 2.45) is 0 Å². The maximum atomic E-state index is 12.4. The first-order valence-electron chi connectivity index (χ1n) is 13.9. The van der Waals surface area contributed by atoms with Gasteiger partial charge in [0.1, 0.15) is 6.04 Å². The van der Waals surface area contributed by atoms with E-state index in [1.807, 2.05) is 0 Å². The van der Waals surface area contributed by atoms with Crippen molar-refractivity contribution in [1.29, 1.82) is 0 Å². The highest BCUT2D eigenvalue weighted by Crippen LogP contribution is 2.16. The predicted octanol–water partition coefficient (Wildman–Crippen LogP) is 4.84. The van der Waals surface area contributed by atoms with Gasteiger partial charge in [-0.25, -0.2) is 0 Å². The van der Waals surface area contributed by atoms with Gasteiger partial charge in [-0.3, -0.25) is 4.79 Å². The van der Waals surface area contributed by atoms with Gasteiger partial charge in [0.25, 0.3) is 0 Å². The van der Waals surface area contributed by atoms with Crippen molar-refractivity contribution >= 4 is 5.78 Å². The molecule has 0 bridgehead atoms. The Morgan fingerprint density at radius 1 is 0.625 bits per heavy atom. The van der Waals surface area contributed by atoms with E-state index in [1.54, 1.807) is 0 Å². The number of unbranched alkanes of at least 4 members (excludes halogenated alkanes) is 18. The molecule has 1 N–H and O–H groups in total. The average Bonchev–Trinajstić information content (AvgIpc) is 2.72. The molecule has 1 unspecified atom stereocenters. The maximum absolute atomic E-state index is 12.4. The molecule has 0 saturated heterocycles. The Kier molecular flexibility index (Phi) is 25.6. The van der Waals surface area contributed by atoms with Crippen molar-refractivity contribution in [1.82, 2.24) is 0 Å². The van der Waals surface area contributed by atoms with Crippen molar-refractivity contribution in [3.05, 3.63) is 0 Å². The Balaban J connectivity index is 0. The highest BCUT2D eigenvalue weighted by molar-refractivity contribution is 5.82. The van der Waals surface area contributed by atoms with E-state index in [4.69, 9.17) is 0 Å². The number of aliphatic hydroxyl groups excluding tert-OH is 1. The van der Waals surface area contributed by atoms with Crippen LogP contribution in [0.3, 0.4) is 0 Å². The van der Waals surface area contributed by atoms with Crippen molar-refractivity contribution in [3.8, 4) is 0 Å². The van der Waals surface area contributed by atoms with E-state index in [9.17, 15) is 9.90 Å². The summed E-state index contributed by atoms with van der Waals surface area (Å²) in [6, 6.07) is -0.0550. The summed E-state index contributed by atoms with van der Waals surface area (Å²) in [4.78, 5) is 12.4. The number of hydrogen-bond donors (Lipinski definition) is 1. The minimum absolute atomic E-state index is 0. The van der Waals surface area contributed by atoms with Crippen LogP contribution in [-0.4, -0.2) is 49.2 Å². The second-order valence-corrected chi connectivity index (χ2v) is 10.7. The third-order valence-electron chi connectivity index (χ3n) is 6.74. The zero-order valence-electron chi connectivity index (χ0n) is 22.3. The van der Waals surface area contributed by atoms with E-state index in [1.165, 1.54) is 116 Å². The summed E-state index contributed by atoms with van der Waals surface area (Å²) in [7, 11) is 6.15. The zero-order valence-corrected chi connectivity index (χ0v) is 23.1. The van der Waals surface area contributed by atoms with Crippen LogP contribution in [-0.2, 0) is 4.79 Å². The Hall–Kier alpha value is -0.120. The van der Waals surface area contributed by atoms with Gasteiger partial charge in [-0.05, 0) is 6.42 Å². The molecule has 0 aliphatic carbocycles. The van der Waals surface area contributed by atoms with Gasteiger partial charge in [-0.15, -0.1) is 0 Å². The number of likely N-dealkylation sites (N-methyl/N-ethyl adjacent to an activating group) is 1. The van der Waals surface area contributed by atoms with Crippen LogP contribution in [0.2, 0.25) is 0 Å². The molecule has 0 heterocycles. The van der Waals surface area contributed by atoms with Crippen LogP contribution in [0.4, 0.5) is 0 Å². The molecular formula is C28H58ClNO2. The number of carbonyl (C=O) groups excluding carboxylic acids is 1. The van der Waals surface area contributed by atoms with Gasteiger partial charge in [-0.1, -0.05) is 122 Å². The Morgan fingerprint density at radius 3 is 1.22 bits per heavy atom. The van der Waals surface area contributed by atoms with Gasteiger partial charge in [0.15, 0.2) is 5.78 Å². The summed E-state index contributed by atoms with van der Waals surface area (Å²) in [5.74, 6) is 0.327. The number of halogens is 1. The van der Waals surface area contributed by atoms with Crippen LogP contribution in [0, 0.1) is 0 Å². The van der Waals surface area contributed by atoms with Crippen LogP contribution in [0.1, 0.15) is 142 Å². The zero-order chi connectivity index (χ0) is 23.2. The Bertz CT molecular complexity index is 395. The van der Waals surface area contributed by atoms with Crippen LogP contribution in [0.15, 0.2) is 0 Å². The molecule has 194 valence electrons. The standard InChI is InChI=1S/C28H58NO2.ClH/c1-5-6-7-8-9-10-11-12-13-14-15-16-17-18-19-20-21-22-23-24-28(31)27(25-26-30)29(2,3)4;/h27,30H,5-26H2,1-4H3;1H/q+1;/p-1. The molecule has 0 spiro atoms. The first-order chi connectivity index (χ1) is 14.9. The summed E-state index contributed by atoms with van der Waals surface area (Å²) < 4.78 is 0.624. The van der Waals surface area contributed by atoms with Gasteiger partial charge in [0, 0.05) is 19.4 Å². The average molecular weight is 476 g/mol. The Morgan fingerprint density at radius 2 is 0.938 bits per heavy atom. The molecule has 0 aliphatic heterocycles. The number of rotatable bonds is 24. The largest absolute Gasteiger partial charge is 1.00 e. The number of nitrogens with zero attached hydrogens (tertiary/aromatic N) is 1. The number of Topliss-reactive ketones (excluding diaryl/α,β-unsaturated/α-hetero) is 1. The van der Waals surface area contributed by atoms with Crippen molar-refractivity contribution in [3.63, 3.8) is 0 Å². The summed E-state index contributed by atoms with van der Waals surface area (Å²) in [5.41, 5.74) is 0. The molecule has 0 radical (unpaired) electrons. The number of quaternary nitrogens is 1. The summed E-state index contributed by atoms with van der Waals surface area (Å²) >= 11 is 0. The highest BCUT2D eigenvalue weighted by atomic mass is 35.5. The Labute approximate surface area is 208 Å². The fraction of sp³-hybridized carbons (Fsp3) is 0.964. The SMILES string of the molecule is CCCCCCCCCCCCCCCCCCCCCC(=O)C(CCO)[N+](C)(C)C.[Cl-]. The van der Waals surface area contributed by atoms with Crippen LogP contribution < -0.4 is 12.4 Å². The van der Waals surface area contributed by atoms with E-state index < -0.39 is 0 Å². The molecule has 0 saturated carbocycles. The lowest BCUT2D eigenvalue weighted by molar-refractivity contribution is -0.886. The smallest absolute Gasteiger partial charge is 0.190 e. The first kappa shape index (κ1) is 34.0. The van der Waals surface area contributed by atoms with Gasteiger partial charge in [0.2, 0.25) is 0 Å². The lowest BCUT2D eigenvalue weighted by Crippen LogP contribution is -3.00. The van der Waals surface area contributed by atoms with Gasteiger partial charge < -0.3 is 22.0 Å². The number of carbonyl (C=O) groups is 1. The molecule has 0 rings (SSSR count). The molecule has 0 aliphatic rings. The minimum atomic E-state index is -0.0550. The van der Waals surface area contributed by atoms with Gasteiger partial charge in [-0.2, -0.15) is 0 Å². The van der Waals surface area contributed by atoms with E-state index in [-0.39, 0.29) is 25.1 Å². The first-order valence-corrected chi connectivity index (χ1v) is 13.9. The summed E-state index contributed by atoms with van der Waals surface area (Å²) in [5, 5.41) is 9.22. The normalized spacial score (nSPS) is 12.5. The van der Waals surface area contributed by atoms with Crippen LogP contribution in [0.25, 0.3) is 0 Å². The second-order valence-electron chi connectivity index (χ2n) is 10.7. The van der Waals surface area contributed by atoms with Crippen LogP contribution in [0.5, 0.6) is 0 Å².